The Hall–Kier alpha value is -3.45. The second-order valence-corrected chi connectivity index (χ2v) is 8.95. The number of nitrogens with zero attached hydrogens (tertiary/aromatic N) is 5. The number of nitrogens with one attached hydrogen (secondary N) is 1. The third-order valence-corrected chi connectivity index (χ3v) is 6.62. The van der Waals surface area contributed by atoms with E-state index < -0.39 is 0 Å². The number of aryl methyl sites for hydroxylation is 3. The number of piperazine rings is 1. The van der Waals surface area contributed by atoms with Crippen molar-refractivity contribution in [2.24, 2.45) is 0 Å². The molecule has 1 N–H and O–H groups in total. The van der Waals surface area contributed by atoms with Crippen LogP contribution in [0.15, 0.2) is 36.7 Å². The van der Waals surface area contributed by atoms with Crippen LogP contribution in [0.4, 0.5) is 5.69 Å². The number of benzene rings is 1. The molecule has 0 aliphatic carbocycles. The van der Waals surface area contributed by atoms with Crippen molar-refractivity contribution in [2.75, 3.05) is 45.2 Å². The molecule has 1 fully saturated rings. The number of H-pyrrole nitrogens is 1. The minimum absolute atomic E-state index is 0.760. The Labute approximate surface area is 194 Å². The molecule has 0 spiro atoms. The van der Waals surface area contributed by atoms with Gasteiger partial charge in [0.25, 0.3) is 0 Å². The van der Waals surface area contributed by atoms with Gasteiger partial charge in [-0.1, -0.05) is 0 Å². The maximum Gasteiger partial charge on any atom is 0.160 e. The van der Waals surface area contributed by atoms with Gasteiger partial charge in [-0.15, -0.1) is 10.2 Å². The maximum absolute atomic E-state index is 5.47. The molecular formula is C26H30N6O. The molecule has 1 aliphatic heterocycles. The Balaban J connectivity index is 1.54. The molecule has 0 bridgehead atoms. The highest BCUT2D eigenvalue weighted by Gasteiger charge is 2.19. The summed E-state index contributed by atoms with van der Waals surface area (Å²) in [6.45, 7) is 10.6. The van der Waals surface area contributed by atoms with E-state index in [0.717, 1.165) is 71.0 Å². The van der Waals surface area contributed by atoms with E-state index >= 15 is 0 Å². The smallest absolute Gasteiger partial charge is 0.160 e. The van der Waals surface area contributed by atoms with Gasteiger partial charge in [0.15, 0.2) is 5.65 Å². The van der Waals surface area contributed by atoms with Crippen molar-refractivity contribution < 1.29 is 4.74 Å². The van der Waals surface area contributed by atoms with Gasteiger partial charge in [-0.3, -0.25) is 4.98 Å². The summed E-state index contributed by atoms with van der Waals surface area (Å²) in [5.41, 5.74) is 9.51. The van der Waals surface area contributed by atoms with Crippen molar-refractivity contribution in [3.63, 3.8) is 0 Å². The first-order valence-electron chi connectivity index (χ1n) is 11.4. The molecular weight excluding hydrogens is 412 g/mol. The van der Waals surface area contributed by atoms with Crippen LogP contribution in [0.25, 0.3) is 33.4 Å². The second kappa shape index (κ2) is 8.48. The molecule has 1 aliphatic rings. The van der Waals surface area contributed by atoms with Crippen molar-refractivity contribution in [3.05, 3.63) is 53.5 Å². The number of methoxy groups -OCH3 is 1. The average Bonchev–Trinajstić information content (AvgIpc) is 3.23. The second-order valence-electron chi connectivity index (χ2n) is 8.95. The summed E-state index contributed by atoms with van der Waals surface area (Å²) in [6.07, 6.45) is 3.83. The normalized spacial score (nSPS) is 14.8. The Kier molecular flexibility index (Phi) is 5.50. The minimum Gasteiger partial charge on any atom is -0.495 e. The Bertz CT molecular complexity index is 1300. The van der Waals surface area contributed by atoms with E-state index in [2.05, 4.69) is 69.1 Å². The molecule has 33 heavy (non-hydrogen) atoms. The van der Waals surface area contributed by atoms with Crippen LogP contribution in [0.1, 0.15) is 16.8 Å². The fraction of sp³-hybridized carbons (Fsp3) is 0.346. The lowest BCUT2D eigenvalue weighted by molar-refractivity contribution is 0.312. The summed E-state index contributed by atoms with van der Waals surface area (Å²) >= 11 is 0. The highest BCUT2D eigenvalue weighted by atomic mass is 16.5. The molecule has 170 valence electrons. The van der Waals surface area contributed by atoms with Gasteiger partial charge in [0.1, 0.15) is 5.75 Å². The van der Waals surface area contributed by atoms with Crippen molar-refractivity contribution in [2.45, 2.75) is 20.8 Å². The number of aromatic amines is 1. The molecule has 4 heterocycles. The average molecular weight is 443 g/mol. The summed E-state index contributed by atoms with van der Waals surface area (Å²) in [6, 6.07) is 8.60. The van der Waals surface area contributed by atoms with E-state index in [-0.39, 0.29) is 0 Å². The van der Waals surface area contributed by atoms with Gasteiger partial charge in [-0.25, -0.2) is 0 Å². The fourth-order valence-electron chi connectivity index (χ4n) is 4.80. The lowest BCUT2D eigenvalue weighted by Gasteiger charge is -2.36. The standard InChI is InChI=1S/C26H30N6O/c1-16-10-19(11-17(2)25(16)32-8-6-31(4)7-9-32)23-13-21-22(15-28-26(21)30-29-23)20-12-24(33-5)18(3)27-14-20/h10-15H,6-9H2,1-5H3,(H,28,30). The fourth-order valence-corrected chi connectivity index (χ4v) is 4.80. The van der Waals surface area contributed by atoms with E-state index in [9.17, 15) is 0 Å². The van der Waals surface area contributed by atoms with Crippen LogP contribution >= 0.6 is 0 Å². The van der Waals surface area contributed by atoms with Crippen molar-refractivity contribution in [1.82, 2.24) is 25.1 Å². The van der Waals surface area contributed by atoms with Crippen LogP contribution in [-0.4, -0.2) is 65.4 Å². The number of fused-ring (bicyclic) bond motifs is 1. The number of hydrogen-bond donors (Lipinski definition) is 1. The zero-order valence-electron chi connectivity index (χ0n) is 19.9. The number of pyridine rings is 1. The first-order valence-corrected chi connectivity index (χ1v) is 11.4. The Morgan fingerprint density at radius 3 is 2.33 bits per heavy atom. The monoisotopic (exact) mass is 442 g/mol. The molecule has 0 amide bonds. The van der Waals surface area contributed by atoms with Crippen LogP contribution in [0.3, 0.4) is 0 Å². The molecule has 4 aromatic rings. The SMILES string of the molecule is COc1cc(-c2c[nH]c3nnc(-c4cc(C)c(N5CCN(C)CC5)c(C)c4)cc23)cnc1C. The molecule has 5 rings (SSSR count). The van der Waals surface area contributed by atoms with Crippen molar-refractivity contribution in [3.8, 4) is 28.1 Å². The van der Waals surface area contributed by atoms with Gasteiger partial charge in [0.05, 0.1) is 18.5 Å². The summed E-state index contributed by atoms with van der Waals surface area (Å²) in [5.74, 6) is 0.773. The molecule has 0 unspecified atom stereocenters. The van der Waals surface area contributed by atoms with Gasteiger partial charge in [-0.2, -0.15) is 0 Å². The third-order valence-electron chi connectivity index (χ3n) is 6.62. The van der Waals surface area contributed by atoms with Gasteiger partial charge in [0, 0.05) is 66.3 Å². The van der Waals surface area contributed by atoms with Crippen molar-refractivity contribution in [1.29, 1.82) is 0 Å². The third kappa shape index (κ3) is 3.93. The van der Waals surface area contributed by atoms with Crippen molar-refractivity contribution >= 4 is 16.7 Å². The summed E-state index contributed by atoms with van der Waals surface area (Å²) < 4.78 is 5.47. The molecule has 0 atom stereocenters. The zero-order valence-corrected chi connectivity index (χ0v) is 19.9. The van der Waals surface area contributed by atoms with Crippen LogP contribution in [0, 0.1) is 20.8 Å². The minimum atomic E-state index is 0.760. The number of ether oxygens (including phenoxy) is 1. The maximum atomic E-state index is 5.47. The molecule has 0 radical (unpaired) electrons. The molecule has 0 saturated carbocycles. The first-order chi connectivity index (χ1) is 15.9. The van der Waals surface area contributed by atoms with Gasteiger partial charge in [-0.05, 0) is 63.2 Å². The van der Waals surface area contributed by atoms with Crippen LogP contribution in [0.5, 0.6) is 5.75 Å². The van der Waals surface area contributed by atoms with Crippen LogP contribution < -0.4 is 9.64 Å². The Morgan fingerprint density at radius 2 is 1.64 bits per heavy atom. The lowest BCUT2D eigenvalue weighted by Crippen LogP contribution is -2.45. The number of anilines is 1. The quantitative estimate of drug-likeness (QED) is 0.506. The first kappa shape index (κ1) is 21.4. The highest BCUT2D eigenvalue weighted by molar-refractivity contribution is 5.95. The van der Waals surface area contributed by atoms with Crippen LogP contribution in [-0.2, 0) is 0 Å². The molecule has 1 saturated heterocycles. The van der Waals surface area contributed by atoms with Gasteiger partial charge >= 0.3 is 0 Å². The van der Waals surface area contributed by atoms with Gasteiger partial charge in [0.2, 0.25) is 0 Å². The number of rotatable bonds is 4. The van der Waals surface area contributed by atoms with Crippen LogP contribution in [0.2, 0.25) is 0 Å². The largest absolute Gasteiger partial charge is 0.495 e. The number of likely N-dealkylation sites (N-methyl/N-ethyl adjacent to an activating group) is 1. The summed E-state index contributed by atoms with van der Waals surface area (Å²) in [5, 5.41) is 10.0. The topological polar surface area (TPSA) is 70.2 Å². The van der Waals surface area contributed by atoms with E-state index in [1.807, 2.05) is 25.4 Å². The Morgan fingerprint density at radius 1 is 0.909 bits per heavy atom. The molecule has 3 aromatic heterocycles. The number of aromatic nitrogens is 4. The lowest BCUT2D eigenvalue weighted by atomic mass is 9.99. The summed E-state index contributed by atoms with van der Waals surface area (Å²) in [7, 11) is 3.86. The summed E-state index contributed by atoms with van der Waals surface area (Å²) in [4.78, 5) is 12.6. The zero-order chi connectivity index (χ0) is 23.1. The van der Waals surface area contributed by atoms with E-state index in [1.165, 1.54) is 16.8 Å². The number of hydrogen-bond acceptors (Lipinski definition) is 6. The molecule has 7 nitrogen and oxygen atoms in total. The molecule has 1 aromatic carbocycles. The molecule has 7 heteroatoms. The predicted molar refractivity (Wildman–Crippen MR) is 133 cm³/mol. The van der Waals surface area contributed by atoms with E-state index in [1.54, 1.807) is 7.11 Å². The highest BCUT2D eigenvalue weighted by Crippen LogP contribution is 2.34. The van der Waals surface area contributed by atoms with E-state index in [0.29, 0.717) is 0 Å². The van der Waals surface area contributed by atoms with E-state index in [4.69, 9.17) is 4.74 Å². The van der Waals surface area contributed by atoms with Gasteiger partial charge < -0.3 is 19.5 Å². The predicted octanol–water partition coefficient (Wildman–Crippen LogP) is 4.37.